The van der Waals surface area contributed by atoms with Crippen LogP contribution < -0.4 is 0 Å². The van der Waals surface area contributed by atoms with Crippen LogP contribution in [-0.4, -0.2) is 29.1 Å². The molecule has 0 aromatic carbocycles. The number of rotatable bonds is 28. The number of unbranched alkanes of at least 4 members (excludes halogenated alkanes) is 22. The van der Waals surface area contributed by atoms with Crippen LogP contribution in [0.5, 0.6) is 0 Å². The van der Waals surface area contributed by atoms with Gasteiger partial charge in [-0.15, -0.1) is 0 Å². The summed E-state index contributed by atoms with van der Waals surface area (Å²) < 4.78 is 0. The van der Waals surface area contributed by atoms with E-state index in [4.69, 9.17) is 0 Å². The zero-order valence-electron chi connectivity index (χ0n) is 25.4. The third-order valence-corrected chi connectivity index (χ3v) is 8.32. The molecule has 0 fully saturated rings. The van der Waals surface area contributed by atoms with E-state index in [1.165, 1.54) is 180 Å². The molecule has 0 N–H and O–H groups in total. The molecule has 214 valence electrons. The van der Waals surface area contributed by atoms with Gasteiger partial charge in [-0.05, 0) is 25.7 Å². The first-order chi connectivity index (χ1) is 17.8. The number of hydrogen-bond acceptors (Lipinski definition) is 2. The maximum absolute atomic E-state index is 2.68. The van der Waals surface area contributed by atoms with Gasteiger partial charge in [0.2, 0.25) is 0 Å². The van der Waals surface area contributed by atoms with Gasteiger partial charge in [0.05, 0.1) is 0 Å². The first-order valence-corrected chi connectivity index (χ1v) is 17.0. The molecule has 0 spiro atoms. The zero-order chi connectivity index (χ0) is 25.9. The third kappa shape index (κ3) is 18.6. The highest BCUT2D eigenvalue weighted by atomic mass is 15.4. The Morgan fingerprint density at radius 1 is 0.361 bits per heavy atom. The van der Waals surface area contributed by atoms with E-state index in [0.29, 0.717) is 6.17 Å². The maximum atomic E-state index is 2.68. The van der Waals surface area contributed by atoms with Crippen LogP contribution in [0.3, 0.4) is 0 Å². The van der Waals surface area contributed by atoms with E-state index in [1.807, 2.05) is 0 Å². The molecule has 1 rings (SSSR count). The van der Waals surface area contributed by atoms with Crippen LogP contribution >= 0.6 is 0 Å². The molecule has 1 aliphatic heterocycles. The number of hydrogen-bond donors (Lipinski definition) is 0. The van der Waals surface area contributed by atoms with Gasteiger partial charge < -0.3 is 9.80 Å². The van der Waals surface area contributed by atoms with Crippen LogP contribution in [0.4, 0.5) is 0 Å². The molecule has 2 nitrogen and oxygen atoms in total. The van der Waals surface area contributed by atoms with Crippen molar-refractivity contribution < 1.29 is 0 Å². The molecule has 1 atom stereocenters. The van der Waals surface area contributed by atoms with Gasteiger partial charge in [-0.1, -0.05) is 162 Å². The third-order valence-electron chi connectivity index (χ3n) is 8.32. The van der Waals surface area contributed by atoms with Gasteiger partial charge in [0.25, 0.3) is 0 Å². The molecular weight excluding hydrogens is 436 g/mol. The van der Waals surface area contributed by atoms with Gasteiger partial charge in [-0.25, -0.2) is 0 Å². The van der Waals surface area contributed by atoms with E-state index < -0.39 is 0 Å². The Balaban J connectivity index is 2.05. The lowest BCUT2D eigenvalue weighted by Gasteiger charge is -2.33. The zero-order valence-corrected chi connectivity index (χ0v) is 25.4. The summed E-state index contributed by atoms with van der Waals surface area (Å²) in [5.74, 6) is 0. The first kappa shape index (κ1) is 33.4. The summed E-state index contributed by atoms with van der Waals surface area (Å²) in [5, 5.41) is 0. The summed E-state index contributed by atoms with van der Waals surface area (Å²) in [6, 6.07) is 0. The Kier molecular flexibility index (Phi) is 24.1. The van der Waals surface area contributed by atoms with Gasteiger partial charge in [-0.2, -0.15) is 0 Å². The molecule has 1 aliphatic rings. The largest absolute Gasteiger partial charge is 0.356 e. The molecule has 0 aliphatic carbocycles. The normalized spacial score (nSPS) is 15.5. The van der Waals surface area contributed by atoms with E-state index in [1.54, 1.807) is 0 Å². The van der Waals surface area contributed by atoms with Crippen molar-refractivity contribution in [3.63, 3.8) is 0 Å². The van der Waals surface area contributed by atoms with Crippen molar-refractivity contribution in [1.82, 2.24) is 9.80 Å². The van der Waals surface area contributed by atoms with E-state index in [9.17, 15) is 0 Å². The number of nitrogens with zero attached hydrogens (tertiary/aromatic N) is 2. The van der Waals surface area contributed by atoms with Crippen LogP contribution in [0, 0.1) is 0 Å². The fraction of sp³-hybridized carbons (Fsp3) is 0.941. The van der Waals surface area contributed by atoms with Crippen molar-refractivity contribution in [3.05, 3.63) is 12.4 Å². The SMILES string of the molecule is CCCCCCCCCCCCCCCCCN1C=CN(CCCCCCCCC)C1CCCCC. The van der Waals surface area contributed by atoms with Crippen molar-refractivity contribution in [2.45, 2.75) is 194 Å². The second-order valence-corrected chi connectivity index (χ2v) is 11.8. The molecule has 1 heterocycles. The summed E-state index contributed by atoms with van der Waals surface area (Å²) in [5.41, 5.74) is 0. The molecule has 0 radical (unpaired) electrons. The lowest BCUT2D eigenvalue weighted by atomic mass is 10.0. The summed E-state index contributed by atoms with van der Waals surface area (Å²) in [6.45, 7) is 9.47. The van der Waals surface area contributed by atoms with Gasteiger partial charge >= 0.3 is 0 Å². The Bertz CT molecular complexity index is 460. The van der Waals surface area contributed by atoms with E-state index in [2.05, 4.69) is 43.0 Å². The van der Waals surface area contributed by atoms with Gasteiger partial charge in [0.1, 0.15) is 6.17 Å². The minimum Gasteiger partial charge on any atom is -0.356 e. The van der Waals surface area contributed by atoms with Crippen LogP contribution in [0.25, 0.3) is 0 Å². The lowest BCUT2D eigenvalue weighted by molar-refractivity contribution is 0.135. The quantitative estimate of drug-likeness (QED) is 0.0977. The summed E-state index contributed by atoms with van der Waals surface area (Å²) in [7, 11) is 0. The second-order valence-electron chi connectivity index (χ2n) is 11.8. The molecular formula is C34H68N2. The van der Waals surface area contributed by atoms with Crippen molar-refractivity contribution >= 4 is 0 Å². The summed E-state index contributed by atoms with van der Waals surface area (Å²) >= 11 is 0. The average Bonchev–Trinajstić information content (AvgIpc) is 3.27. The Hall–Kier alpha value is -0.660. The molecule has 0 saturated heterocycles. The standard InChI is InChI=1S/C34H68N2/c1-4-7-10-12-14-15-16-17-18-19-20-21-23-25-28-31-36-33-32-35(34(36)29-26-9-6-3)30-27-24-22-13-11-8-5-2/h32-34H,4-31H2,1-3H3. The fourth-order valence-electron chi connectivity index (χ4n) is 5.83. The molecule has 0 amide bonds. The van der Waals surface area contributed by atoms with Gasteiger partial charge in [0.15, 0.2) is 0 Å². The highest BCUT2D eigenvalue weighted by Crippen LogP contribution is 2.23. The molecule has 0 aromatic rings. The molecule has 2 heteroatoms. The average molecular weight is 505 g/mol. The van der Waals surface area contributed by atoms with Crippen molar-refractivity contribution in [2.24, 2.45) is 0 Å². The van der Waals surface area contributed by atoms with Gasteiger partial charge in [0, 0.05) is 25.5 Å². The highest BCUT2D eigenvalue weighted by Gasteiger charge is 2.24. The fourth-order valence-corrected chi connectivity index (χ4v) is 5.83. The summed E-state index contributed by atoms with van der Waals surface area (Å²) in [4.78, 5) is 5.35. The van der Waals surface area contributed by atoms with Crippen LogP contribution in [-0.2, 0) is 0 Å². The Morgan fingerprint density at radius 3 is 0.972 bits per heavy atom. The predicted molar refractivity (Wildman–Crippen MR) is 163 cm³/mol. The van der Waals surface area contributed by atoms with Crippen molar-refractivity contribution in [3.8, 4) is 0 Å². The second kappa shape index (κ2) is 26.0. The minimum absolute atomic E-state index is 0.642. The van der Waals surface area contributed by atoms with E-state index in [-0.39, 0.29) is 0 Å². The first-order valence-electron chi connectivity index (χ1n) is 17.0. The predicted octanol–water partition coefficient (Wildman–Crippen LogP) is 11.6. The Morgan fingerprint density at radius 2 is 0.639 bits per heavy atom. The van der Waals surface area contributed by atoms with Crippen molar-refractivity contribution in [2.75, 3.05) is 13.1 Å². The molecule has 0 bridgehead atoms. The van der Waals surface area contributed by atoms with Crippen molar-refractivity contribution in [1.29, 1.82) is 0 Å². The topological polar surface area (TPSA) is 6.48 Å². The van der Waals surface area contributed by atoms with Crippen LogP contribution in [0.15, 0.2) is 12.4 Å². The molecule has 0 saturated carbocycles. The lowest BCUT2D eigenvalue weighted by Crippen LogP contribution is -2.39. The minimum atomic E-state index is 0.642. The van der Waals surface area contributed by atoms with E-state index in [0.717, 1.165) is 0 Å². The monoisotopic (exact) mass is 505 g/mol. The van der Waals surface area contributed by atoms with Gasteiger partial charge in [-0.3, -0.25) is 0 Å². The van der Waals surface area contributed by atoms with Crippen LogP contribution in [0.2, 0.25) is 0 Å². The molecule has 36 heavy (non-hydrogen) atoms. The van der Waals surface area contributed by atoms with Crippen LogP contribution in [0.1, 0.15) is 188 Å². The van der Waals surface area contributed by atoms with E-state index >= 15 is 0 Å². The highest BCUT2D eigenvalue weighted by molar-refractivity contribution is 4.97. The molecule has 1 unspecified atom stereocenters. The Labute approximate surface area is 229 Å². The summed E-state index contributed by atoms with van der Waals surface area (Å²) in [6.07, 6.45) is 42.5. The maximum Gasteiger partial charge on any atom is 0.101 e. The smallest absolute Gasteiger partial charge is 0.101 e. The molecule has 0 aromatic heterocycles.